The molecule has 0 aliphatic rings. The summed E-state index contributed by atoms with van der Waals surface area (Å²) in [7, 11) is 0. The average molecular weight is 334 g/mol. The predicted molar refractivity (Wildman–Crippen MR) is 94.6 cm³/mol. The van der Waals surface area contributed by atoms with Crippen LogP contribution in [0.2, 0.25) is 0 Å². The highest BCUT2D eigenvalue weighted by molar-refractivity contribution is 5.72. The van der Waals surface area contributed by atoms with E-state index in [1.807, 2.05) is 18.2 Å². The van der Waals surface area contributed by atoms with Gasteiger partial charge < -0.3 is 9.47 Å². The molecule has 4 heteroatoms. The molecule has 1 aromatic carbocycles. The first-order chi connectivity index (χ1) is 11.6. The van der Waals surface area contributed by atoms with Gasteiger partial charge in [-0.25, -0.2) is 0 Å². The molecule has 0 N–H and O–H groups in total. The fourth-order valence-electron chi connectivity index (χ4n) is 2.31. The van der Waals surface area contributed by atoms with Crippen LogP contribution in [-0.2, 0) is 25.5 Å². The van der Waals surface area contributed by atoms with Crippen LogP contribution in [0.3, 0.4) is 0 Å². The van der Waals surface area contributed by atoms with Crippen LogP contribution in [0.15, 0.2) is 30.3 Å². The Kier molecular flexibility index (Phi) is 10.6. The SMILES string of the molecule is CC(C)CCCOC(=O)CCCC(=O)OCCCc1ccccc1. The van der Waals surface area contributed by atoms with Crippen molar-refractivity contribution >= 4 is 11.9 Å². The molecule has 0 spiro atoms. The standard InChI is InChI=1S/C20H30O4/c1-17(2)9-7-15-23-19(21)13-6-14-20(22)24-16-8-12-18-10-4-3-5-11-18/h3-5,10-11,17H,6-9,12-16H2,1-2H3. The van der Waals surface area contributed by atoms with E-state index in [1.165, 1.54) is 5.56 Å². The zero-order valence-corrected chi connectivity index (χ0v) is 15.0. The summed E-state index contributed by atoms with van der Waals surface area (Å²) in [5.41, 5.74) is 1.24. The summed E-state index contributed by atoms with van der Waals surface area (Å²) in [6.45, 7) is 5.19. The smallest absolute Gasteiger partial charge is 0.305 e. The molecule has 134 valence electrons. The average Bonchev–Trinajstić information content (AvgIpc) is 2.56. The molecule has 1 aromatic rings. The van der Waals surface area contributed by atoms with Crippen molar-refractivity contribution in [2.45, 2.75) is 58.8 Å². The molecular formula is C20H30O4. The van der Waals surface area contributed by atoms with Gasteiger partial charge in [0.2, 0.25) is 0 Å². The fourth-order valence-corrected chi connectivity index (χ4v) is 2.31. The molecule has 0 atom stereocenters. The van der Waals surface area contributed by atoms with Crippen LogP contribution in [0.1, 0.15) is 57.9 Å². The Morgan fingerprint density at radius 2 is 1.46 bits per heavy atom. The maximum absolute atomic E-state index is 11.6. The Balaban J connectivity index is 1.96. The molecular weight excluding hydrogens is 304 g/mol. The minimum Gasteiger partial charge on any atom is -0.466 e. The van der Waals surface area contributed by atoms with Crippen LogP contribution in [0.4, 0.5) is 0 Å². The Morgan fingerprint density at radius 3 is 2.04 bits per heavy atom. The molecule has 24 heavy (non-hydrogen) atoms. The first-order valence-corrected chi connectivity index (χ1v) is 8.93. The maximum Gasteiger partial charge on any atom is 0.305 e. The highest BCUT2D eigenvalue weighted by atomic mass is 16.5. The van der Waals surface area contributed by atoms with Crippen molar-refractivity contribution in [3.8, 4) is 0 Å². The van der Waals surface area contributed by atoms with Crippen LogP contribution < -0.4 is 0 Å². The molecule has 0 heterocycles. The highest BCUT2D eigenvalue weighted by Crippen LogP contribution is 2.06. The Labute approximate surface area is 145 Å². The third kappa shape index (κ3) is 10.8. The third-order valence-electron chi connectivity index (χ3n) is 3.67. The Bertz CT molecular complexity index is 468. The van der Waals surface area contributed by atoms with E-state index in [2.05, 4.69) is 26.0 Å². The van der Waals surface area contributed by atoms with Gasteiger partial charge >= 0.3 is 11.9 Å². The van der Waals surface area contributed by atoms with Gasteiger partial charge in [0, 0.05) is 12.8 Å². The third-order valence-corrected chi connectivity index (χ3v) is 3.67. The van der Waals surface area contributed by atoms with Gasteiger partial charge in [0.25, 0.3) is 0 Å². The van der Waals surface area contributed by atoms with E-state index in [4.69, 9.17) is 9.47 Å². The Hall–Kier alpha value is -1.84. The van der Waals surface area contributed by atoms with Crippen molar-refractivity contribution in [1.29, 1.82) is 0 Å². The summed E-state index contributed by atoms with van der Waals surface area (Å²) >= 11 is 0. The van der Waals surface area contributed by atoms with E-state index >= 15 is 0 Å². The molecule has 4 nitrogen and oxygen atoms in total. The zero-order chi connectivity index (χ0) is 17.6. The van der Waals surface area contributed by atoms with E-state index in [9.17, 15) is 9.59 Å². The highest BCUT2D eigenvalue weighted by Gasteiger charge is 2.07. The summed E-state index contributed by atoms with van der Waals surface area (Å²) in [5.74, 6) is 0.159. The molecule has 0 fully saturated rings. The van der Waals surface area contributed by atoms with Gasteiger partial charge in [0.15, 0.2) is 0 Å². The number of rotatable bonds is 12. The second kappa shape index (κ2) is 12.6. The largest absolute Gasteiger partial charge is 0.466 e. The Morgan fingerprint density at radius 1 is 0.875 bits per heavy atom. The lowest BCUT2D eigenvalue weighted by molar-refractivity contribution is -0.145. The van der Waals surface area contributed by atoms with Gasteiger partial charge in [-0.1, -0.05) is 44.2 Å². The number of hydrogen-bond donors (Lipinski definition) is 0. The lowest BCUT2D eigenvalue weighted by atomic mass is 10.1. The summed E-state index contributed by atoms with van der Waals surface area (Å²) in [5, 5.41) is 0. The molecule has 0 aromatic heterocycles. The van der Waals surface area contributed by atoms with Crippen LogP contribution in [0, 0.1) is 5.92 Å². The van der Waals surface area contributed by atoms with E-state index in [1.54, 1.807) is 0 Å². The van der Waals surface area contributed by atoms with Gasteiger partial charge in [-0.2, -0.15) is 0 Å². The predicted octanol–water partition coefficient (Wildman–Crippen LogP) is 4.31. The van der Waals surface area contributed by atoms with E-state index in [-0.39, 0.29) is 24.8 Å². The number of carbonyl (C=O) groups is 2. The normalized spacial score (nSPS) is 10.6. The molecule has 0 amide bonds. The van der Waals surface area contributed by atoms with Gasteiger partial charge in [-0.15, -0.1) is 0 Å². The molecule has 0 saturated heterocycles. The first-order valence-electron chi connectivity index (χ1n) is 8.93. The molecule has 0 radical (unpaired) electrons. The summed E-state index contributed by atoms with van der Waals surface area (Å²) in [6, 6.07) is 10.1. The number of ether oxygens (including phenoxy) is 2. The lowest BCUT2D eigenvalue weighted by Gasteiger charge is -2.07. The number of benzene rings is 1. The van der Waals surface area contributed by atoms with Crippen molar-refractivity contribution < 1.29 is 19.1 Å². The zero-order valence-electron chi connectivity index (χ0n) is 15.0. The molecule has 0 saturated carbocycles. The van der Waals surface area contributed by atoms with E-state index in [0.717, 1.165) is 25.7 Å². The van der Waals surface area contributed by atoms with Crippen molar-refractivity contribution in [3.63, 3.8) is 0 Å². The van der Waals surface area contributed by atoms with Gasteiger partial charge in [0.05, 0.1) is 13.2 Å². The first kappa shape index (κ1) is 20.2. The quantitative estimate of drug-likeness (QED) is 0.422. The van der Waals surface area contributed by atoms with Crippen LogP contribution in [-0.4, -0.2) is 25.2 Å². The molecule has 0 unspecified atom stereocenters. The van der Waals surface area contributed by atoms with Crippen molar-refractivity contribution in [2.75, 3.05) is 13.2 Å². The van der Waals surface area contributed by atoms with Gasteiger partial charge in [-0.05, 0) is 43.6 Å². The number of esters is 2. The minimum atomic E-state index is -0.240. The molecule has 1 rings (SSSR count). The molecule has 0 bridgehead atoms. The van der Waals surface area contributed by atoms with Crippen molar-refractivity contribution in [3.05, 3.63) is 35.9 Å². The maximum atomic E-state index is 11.6. The van der Waals surface area contributed by atoms with Crippen molar-refractivity contribution in [1.82, 2.24) is 0 Å². The topological polar surface area (TPSA) is 52.6 Å². The second-order valence-corrected chi connectivity index (χ2v) is 6.42. The van der Waals surface area contributed by atoms with Crippen molar-refractivity contribution in [2.24, 2.45) is 5.92 Å². The summed E-state index contributed by atoms with van der Waals surface area (Å²) < 4.78 is 10.3. The van der Waals surface area contributed by atoms with Crippen LogP contribution >= 0.6 is 0 Å². The minimum absolute atomic E-state index is 0.226. The number of hydrogen-bond acceptors (Lipinski definition) is 4. The fraction of sp³-hybridized carbons (Fsp3) is 0.600. The van der Waals surface area contributed by atoms with Crippen LogP contribution in [0.5, 0.6) is 0 Å². The second-order valence-electron chi connectivity index (χ2n) is 6.42. The molecule has 0 aliphatic carbocycles. The van der Waals surface area contributed by atoms with Gasteiger partial charge in [0.1, 0.15) is 0 Å². The summed E-state index contributed by atoms with van der Waals surface area (Å²) in [6.07, 6.45) is 4.70. The molecule has 0 aliphatic heterocycles. The van der Waals surface area contributed by atoms with Gasteiger partial charge in [-0.3, -0.25) is 9.59 Å². The monoisotopic (exact) mass is 334 g/mol. The number of carbonyl (C=O) groups excluding carboxylic acids is 2. The number of aryl methyl sites for hydroxylation is 1. The van der Waals surface area contributed by atoms with Crippen LogP contribution in [0.25, 0.3) is 0 Å². The van der Waals surface area contributed by atoms with E-state index < -0.39 is 0 Å². The summed E-state index contributed by atoms with van der Waals surface area (Å²) in [4.78, 5) is 23.1. The van der Waals surface area contributed by atoms with E-state index in [0.29, 0.717) is 25.6 Å². The lowest BCUT2D eigenvalue weighted by Crippen LogP contribution is -2.10.